The maximum atomic E-state index is 12.9. The normalized spacial score (nSPS) is 14.7. The number of nitrogens with one attached hydrogen (secondary N) is 1. The molecule has 0 spiro atoms. The fraction of sp³-hybridized carbons (Fsp3) is 0.360. The number of hydrogen-bond donors (Lipinski definition) is 1. The molecule has 1 aromatic heterocycles. The number of nitrogens with zero attached hydrogens (tertiary/aromatic N) is 3. The number of thioether (sulfide) groups is 1. The highest BCUT2D eigenvalue weighted by atomic mass is 32.2. The molecule has 0 unspecified atom stereocenters. The lowest BCUT2D eigenvalue weighted by Gasteiger charge is -2.35. The zero-order valence-electron chi connectivity index (χ0n) is 18.1. The SMILES string of the molecule is CCSCCNC(=O)c1cc(N2CCN(Cc3ccccc3)CC2)nc2ccccc12. The van der Waals surface area contributed by atoms with Crippen LogP contribution in [0.2, 0.25) is 0 Å². The van der Waals surface area contributed by atoms with E-state index < -0.39 is 0 Å². The monoisotopic (exact) mass is 434 g/mol. The Morgan fingerprint density at radius 3 is 2.55 bits per heavy atom. The lowest BCUT2D eigenvalue weighted by molar-refractivity contribution is 0.0957. The van der Waals surface area contributed by atoms with Crippen molar-refractivity contribution in [3.05, 3.63) is 71.8 Å². The fourth-order valence-corrected chi connectivity index (χ4v) is 4.50. The van der Waals surface area contributed by atoms with Gasteiger partial charge < -0.3 is 10.2 Å². The van der Waals surface area contributed by atoms with Gasteiger partial charge in [0.1, 0.15) is 5.82 Å². The van der Waals surface area contributed by atoms with Crippen molar-refractivity contribution in [2.45, 2.75) is 13.5 Å². The van der Waals surface area contributed by atoms with E-state index in [0.717, 1.165) is 61.0 Å². The van der Waals surface area contributed by atoms with Crippen molar-refractivity contribution >= 4 is 34.4 Å². The molecule has 1 saturated heterocycles. The maximum absolute atomic E-state index is 12.9. The highest BCUT2D eigenvalue weighted by molar-refractivity contribution is 7.99. The second kappa shape index (κ2) is 10.6. The molecule has 4 rings (SSSR count). The molecule has 162 valence electrons. The molecule has 1 fully saturated rings. The number of amides is 1. The number of anilines is 1. The molecule has 3 aromatic rings. The average molecular weight is 435 g/mol. The molecule has 1 N–H and O–H groups in total. The van der Waals surface area contributed by atoms with Crippen molar-refractivity contribution in [3.63, 3.8) is 0 Å². The van der Waals surface area contributed by atoms with E-state index in [1.807, 2.05) is 42.1 Å². The Morgan fingerprint density at radius 1 is 1.03 bits per heavy atom. The lowest BCUT2D eigenvalue weighted by Crippen LogP contribution is -2.46. The molecule has 31 heavy (non-hydrogen) atoms. The number of rotatable bonds is 8. The third-order valence-corrected chi connectivity index (χ3v) is 6.53. The van der Waals surface area contributed by atoms with Crippen molar-refractivity contribution in [1.29, 1.82) is 0 Å². The number of aromatic nitrogens is 1. The summed E-state index contributed by atoms with van der Waals surface area (Å²) >= 11 is 1.84. The van der Waals surface area contributed by atoms with Gasteiger partial charge in [-0.25, -0.2) is 4.98 Å². The highest BCUT2D eigenvalue weighted by Gasteiger charge is 2.21. The van der Waals surface area contributed by atoms with Gasteiger partial charge in [0.2, 0.25) is 0 Å². The molecule has 0 atom stereocenters. The third kappa shape index (κ3) is 5.57. The minimum absolute atomic E-state index is 0.0146. The number of piperazine rings is 1. The molecule has 5 nitrogen and oxygen atoms in total. The smallest absolute Gasteiger partial charge is 0.252 e. The van der Waals surface area contributed by atoms with Crippen LogP contribution >= 0.6 is 11.8 Å². The quantitative estimate of drug-likeness (QED) is 0.542. The van der Waals surface area contributed by atoms with Gasteiger partial charge in [0.05, 0.1) is 11.1 Å². The maximum Gasteiger partial charge on any atom is 0.252 e. The van der Waals surface area contributed by atoms with Crippen LogP contribution in [0.15, 0.2) is 60.7 Å². The van der Waals surface area contributed by atoms with Gasteiger partial charge in [-0.05, 0) is 23.4 Å². The number of hydrogen-bond acceptors (Lipinski definition) is 5. The Balaban J connectivity index is 1.47. The summed E-state index contributed by atoms with van der Waals surface area (Å²) in [4.78, 5) is 22.6. The number of para-hydroxylation sites is 1. The predicted molar refractivity (Wildman–Crippen MR) is 131 cm³/mol. The standard InChI is InChI=1S/C25H30N4OS/c1-2-31-17-12-26-25(30)22-18-24(27-23-11-7-6-10-21(22)23)29-15-13-28(14-16-29)19-20-8-4-3-5-9-20/h3-11,18H,2,12-17,19H2,1H3,(H,26,30). The Labute approximate surface area is 188 Å². The molecule has 1 aliphatic rings. The summed E-state index contributed by atoms with van der Waals surface area (Å²) in [5, 5.41) is 3.99. The second-order valence-electron chi connectivity index (χ2n) is 7.75. The van der Waals surface area contributed by atoms with Crippen molar-refractivity contribution in [2.75, 3.05) is 49.1 Å². The minimum atomic E-state index is -0.0146. The van der Waals surface area contributed by atoms with Crippen LogP contribution in [0.4, 0.5) is 5.82 Å². The van der Waals surface area contributed by atoms with Gasteiger partial charge in [-0.3, -0.25) is 9.69 Å². The molecular formula is C25H30N4OS. The largest absolute Gasteiger partial charge is 0.354 e. The van der Waals surface area contributed by atoms with Crippen molar-refractivity contribution in [1.82, 2.24) is 15.2 Å². The molecule has 1 aliphatic heterocycles. The Bertz CT molecular complexity index is 1000. The summed E-state index contributed by atoms with van der Waals surface area (Å²) in [5.41, 5.74) is 2.94. The van der Waals surface area contributed by atoms with Gasteiger partial charge in [0, 0.05) is 50.4 Å². The molecular weight excluding hydrogens is 404 g/mol. The minimum Gasteiger partial charge on any atom is -0.354 e. The first kappa shape index (κ1) is 21.7. The number of fused-ring (bicyclic) bond motifs is 1. The van der Waals surface area contributed by atoms with Crippen LogP contribution in [0.3, 0.4) is 0 Å². The number of carbonyl (C=O) groups excluding carboxylic acids is 1. The van der Waals surface area contributed by atoms with Crippen molar-refractivity contribution in [2.24, 2.45) is 0 Å². The Kier molecular flexibility index (Phi) is 7.43. The summed E-state index contributed by atoms with van der Waals surface area (Å²) in [7, 11) is 0. The first-order valence-corrected chi connectivity index (χ1v) is 12.2. The Hall–Kier alpha value is -2.57. The van der Waals surface area contributed by atoms with Gasteiger partial charge in [0.15, 0.2) is 0 Å². The van der Waals surface area contributed by atoms with E-state index in [9.17, 15) is 4.79 Å². The molecule has 0 aliphatic carbocycles. The van der Waals surface area contributed by atoms with Crippen LogP contribution in [-0.2, 0) is 6.54 Å². The van der Waals surface area contributed by atoms with E-state index in [2.05, 4.69) is 52.4 Å². The zero-order chi connectivity index (χ0) is 21.5. The topological polar surface area (TPSA) is 48.5 Å². The molecule has 0 saturated carbocycles. The lowest BCUT2D eigenvalue weighted by atomic mass is 10.1. The molecule has 6 heteroatoms. The first-order valence-electron chi connectivity index (χ1n) is 11.0. The molecule has 0 radical (unpaired) electrons. The van der Waals surface area contributed by atoms with Crippen LogP contribution in [0.5, 0.6) is 0 Å². The number of pyridine rings is 1. The van der Waals surface area contributed by atoms with Crippen molar-refractivity contribution in [3.8, 4) is 0 Å². The molecule has 2 aromatic carbocycles. The van der Waals surface area contributed by atoms with E-state index in [1.165, 1.54) is 5.56 Å². The van der Waals surface area contributed by atoms with E-state index in [0.29, 0.717) is 12.1 Å². The van der Waals surface area contributed by atoms with Crippen LogP contribution in [-0.4, -0.2) is 60.0 Å². The predicted octanol–water partition coefficient (Wildman–Crippen LogP) is 4.04. The average Bonchev–Trinajstić information content (AvgIpc) is 2.82. The van der Waals surface area contributed by atoms with E-state index in [4.69, 9.17) is 4.98 Å². The number of benzene rings is 2. The summed E-state index contributed by atoms with van der Waals surface area (Å²) in [6, 6.07) is 20.5. The van der Waals surface area contributed by atoms with Crippen LogP contribution < -0.4 is 10.2 Å². The van der Waals surface area contributed by atoms with Gasteiger partial charge in [-0.15, -0.1) is 0 Å². The number of carbonyl (C=O) groups is 1. The highest BCUT2D eigenvalue weighted by Crippen LogP contribution is 2.24. The molecule has 0 bridgehead atoms. The summed E-state index contributed by atoms with van der Waals surface area (Å²) in [5.74, 6) is 2.88. The van der Waals surface area contributed by atoms with Crippen LogP contribution in [0.25, 0.3) is 10.9 Å². The zero-order valence-corrected chi connectivity index (χ0v) is 18.9. The van der Waals surface area contributed by atoms with Gasteiger partial charge in [0.25, 0.3) is 5.91 Å². The molecule has 2 heterocycles. The summed E-state index contributed by atoms with van der Waals surface area (Å²) in [6.07, 6.45) is 0. The third-order valence-electron chi connectivity index (χ3n) is 5.63. The fourth-order valence-electron chi connectivity index (χ4n) is 3.96. The van der Waals surface area contributed by atoms with Crippen LogP contribution in [0.1, 0.15) is 22.8 Å². The van der Waals surface area contributed by atoms with Gasteiger partial charge in [-0.2, -0.15) is 11.8 Å². The summed E-state index contributed by atoms with van der Waals surface area (Å²) < 4.78 is 0. The Morgan fingerprint density at radius 2 is 1.77 bits per heavy atom. The van der Waals surface area contributed by atoms with E-state index in [1.54, 1.807) is 0 Å². The van der Waals surface area contributed by atoms with Crippen LogP contribution in [0, 0.1) is 0 Å². The first-order chi connectivity index (χ1) is 15.2. The van der Waals surface area contributed by atoms with Gasteiger partial charge >= 0.3 is 0 Å². The molecule has 1 amide bonds. The van der Waals surface area contributed by atoms with Gasteiger partial charge in [-0.1, -0.05) is 55.5 Å². The van der Waals surface area contributed by atoms with E-state index >= 15 is 0 Å². The second-order valence-corrected chi connectivity index (χ2v) is 9.14. The van der Waals surface area contributed by atoms with Crippen molar-refractivity contribution < 1.29 is 4.79 Å². The van der Waals surface area contributed by atoms with E-state index in [-0.39, 0.29) is 5.91 Å². The summed E-state index contributed by atoms with van der Waals surface area (Å²) in [6.45, 7) is 7.58.